The number of carbonyl (C=O) groups is 1. The number of hydrogen-bond acceptors (Lipinski definition) is 7. The van der Waals surface area contributed by atoms with Gasteiger partial charge in [-0.3, -0.25) is 4.79 Å². The molecule has 0 saturated carbocycles. The van der Waals surface area contributed by atoms with E-state index in [4.69, 9.17) is 0 Å². The first kappa shape index (κ1) is 21.9. The molecule has 1 unspecified atom stereocenters. The number of tetrazole rings is 1. The molecule has 2 aromatic carbocycles. The van der Waals surface area contributed by atoms with Crippen molar-refractivity contribution in [1.29, 1.82) is 0 Å². The molecular formula is C19H22N6O3S2. The van der Waals surface area contributed by atoms with Crippen LogP contribution < -0.4 is 5.32 Å². The molecule has 1 atom stereocenters. The summed E-state index contributed by atoms with van der Waals surface area (Å²) in [7, 11) is -0.680. The van der Waals surface area contributed by atoms with Crippen molar-refractivity contribution >= 4 is 33.4 Å². The van der Waals surface area contributed by atoms with Gasteiger partial charge in [-0.25, -0.2) is 12.7 Å². The monoisotopic (exact) mass is 446 g/mol. The molecule has 1 aromatic heterocycles. The number of thioether (sulfide) groups is 1. The standard InChI is InChI=1S/C19H22N6O3S2/c1-13-10-11-16(30(27,28)24(3)4)12-17(13)20-18(26)14(2)29-19-21-22-23-25(19)15-8-6-5-7-9-15/h5-12,14H,1-4H3,(H,20,26). The number of para-hydroxylation sites is 1. The van der Waals surface area contributed by atoms with Crippen LogP contribution in [0.25, 0.3) is 5.69 Å². The van der Waals surface area contributed by atoms with Crippen LogP contribution in [0.5, 0.6) is 0 Å². The lowest BCUT2D eigenvalue weighted by atomic mass is 10.2. The minimum absolute atomic E-state index is 0.113. The first-order chi connectivity index (χ1) is 14.2. The second-order valence-corrected chi connectivity index (χ2v) is 10.2. The maximum absolute atomic E-state index is 12.8. The molecule has 0 aliphatic carbocycles. The van der Waals surface area contributed by atoms with Gasteiger partial charge in [0.15, 0.2) is 0 Å². The summed E-state index contributed by atoms with van der Waals surface area (Å²) >= 11 is 1.21. The Bertz CT molecular complexity index is 1150. The van der Waals surface area contributed by atoms with Crippen molar-refractivity contribution < 1.29 is 13.2 Å². The van der Waals surface area contributed by atoms with Crippen molar-refractivity contribution in [2.75, 3.05) is 19.4 Å². The van der Waals surface area contributed by atoms with Gasteiger partial charge in [0.05, 0.1) is 15.8 Å². The first-order valence-electron chi connectivity index (χ1n) is 9.04. The van der Waals surface area contributed by atoms with Crippen LogP contribution in [0.4, 0.5) is 5.69 Å². The Kier molecular flexibility index (Phi) is 6.54. The third-order valence-electron chi connectivity index (χ3n) is 4.34. The average Bonchev–Trinajstić information content (AvgIpc) is 3.18. The largest absolute Gasteiger partial charge is 0.325 e. The van der Waals surface area contributed by atoms with Crippen molar-refractivity contribution in [3.8, 4) is 5.69 Å². The van der Waals surface area contributed by atoms with Gasteiger partial charge in [-0.1, -0.05) is 36.0 Å². The Labute approximate surface area is 179 Å². The molecule has 0 bridgehead atoms. The number of nitrogens with one attached hydrogen (secondary N) is 1. The van der Waals surface area contributed by atoms with E-state index in [2.05, 4.69) is 20.8 Å². The molecule has 3 aromatic rings. The molecule has 0 aliphatic rings. The second kappa shape index (κ2) is 8.94. The highest BCUT2D eigenvalue weighted by Gasteiger charge is 2.22. The number of hydrogen-bond donors (Lipinski definition) is 1. The molecule has 0 saturated heterocycles. The zero-order chi connectivity index (χ0) is 21.9. The fourth-order valence-electron chi connectivity index (χ4n) is 2.54. The summed E-state index contributed by atoms with van der Waals surface area (Å²) in [5.74, 6) is -0.287. The molecule has 158 valence electrons. The lowest BCUT2D eigenvalue weighted by molar-refractivity contribution is -0.115. The van der Waals surface area contributed by atoms with Crippen LogP contribution in [-0.4, -0.2) is 58.2 Å². The zero-order valence-corrected chi connectivity index (χ0v) is 18.6. The molecule has 9 nitrogen and oxygen atoms in total. The average molecular weight is 447 g/mol. The van der Waals surface area contributed by atoms with Gasteiger partial charge in [0.1, 0.15) is 0 Å². The number of amides is 1. The topological polar surface area (TPSA) is 110 Å². The predicted molar refractivity (Wildman–Crippen MR) is 115 cm³/mol. The number of rotatable bonds is 7. The van der Waals surface area contributed by atoms with Gasteiger partial charge in [-0.2, -0.15) is 4.68 Å². The number of sulfonamides is 1. The molecule has 0 aliphatic heterocycles. The Morgan fingerprint density at radius 1 is 1.17 bits per heavy atom. The van der Waals surface area contributed by atoms with E-state index in [1.807, 2.05) is 30.3 Å². The van der Waals surface area contributed by atoms with Crippen LogP contribution in [0.2, 0.25) is 0 Å². The third-order valence-corrected chi connectivity index (χ3v) is 7.18. The zero-order valence-electron chi connectivity index (χ0n) is 17.0. The summed E-state index contributed by atoms with van der Waals surface area (Å²) < 4.78 is 27.5. The second-order valence-electron chi connectivity index (χ2n) is 6.72. The van der Waals surface area contributed by atoms with E-state index in [0.29, 0.717) is 10.8 Å². The van der Waals surface area contributed by atoms with Crippen molar-refractivity contribution in [3.05, 3.63) is 54.1 Å². The Morgan fingerprint density at radius 2 is 1.87 bits per heavy atom. The van der Waals surface area contributed by atoms with Crippen LogP contribution in [0.3, 0.4) is 0 Å². The summed E-state index contributed by atoms with van der Waals surface area (Å²) in [5.41, 5.74) is 1.99. The van der Waals surface area contributed by atoms with E-state index in [9.17, 15) is 13.2 Å². The number of nitrogens with zero attached hydrogens (tertiary/aromatic N) is 5. The van der Waals surface area contributed by atoms with Crippen LogP contribution in [0.15, 0.2) is 58.6 Å². The highest BCUT2D eigenvalue weighted by Crippen LogP contribution is 2.26. The van der Waals surface area contributed by atoms with Crippen molar-refractivity contribution in [1.82, 2.24) is 24.5 Å². The highest BCUT2D eigenvalue weighted by molar-refractivity contribution is 8.00. The van der Waals surface area contributed by atoms with Gasteiger partial charge in [0.25, 0.3) is 0 Å². The lowest BCUT2D eigenvalue weighted by Crippen LogP contribution is -2.25. The predicted octanol–water partition coefficient (Wildman–Crippen LogP) is 2.34. The van der Waals surface area contributed by atoms with Crippen LogP contribution in [0.1, 0.15) is 12.5 Å². The fourth-order valence-corrected chi connectivity index (χ4v) is 4.27. The third kappa shape index (κ3) is 4.69. The van der Waals surface area contributed by atoms with Crippen LogP contribution >= 0.6 is 11.8 Å². The molecule has 0 radical (unpaired) electrons. The first-order valence-corrected chi connectivity index (χ1v) is 11.4. The number of benzene rings is 2. The maximum Gasteiger partial charge on any atom is 0.242 e. The molecule has 30 heavy (non-hydrogen) atoms. The number of anilines is 1. The molecule has 0 spiro atoms. The summed E-state index contributed by atoms with van der Waals surface area (Å²) in [6.07, 6.45) is 0. The molecular weight excluding hydrogens is 424 g/mol. The van der Waals surface area contributed by atoms with E-state index < -0.39 is 15.3 Å². The summed E-state index contributed by atoms with van der Waals surface area (Å²) in [4.78, 5) is 12.9. The highest BCUT2D eigenvalue weighted by atomic mass is 32.2. The minimum atomic E-state index is -3.60. The quantitative estimate of drug-likeness (QED) is 0.555. The lowest BCUT2D eigenvalue weighted by Gasteiger charge is -2.16. The molecule has 1 N–H and O–H groups in total. The van der Waals surface area contributed by atoms with Gasteiger partial charge < -0.3 is 5.32 Å². The van der Waals surface area contributed by atoms with E-state index in [-0.39, 0.29) is 10.8 Å². The Hall–Kier alpha value is -2.76. The van der Waals surface area contributed by atoms with E-state index in [1.54, 1.807) is 24.6 Å². The number of carbonyl (C=O) groups excluding carboxylic acids is 1. The Balaban J connectivity index is 1.77. The molecule has 1 heterocycles. The van der Waals surface area contributed by atoms with Crippen LogP contribution in [-0.2, 0) is 14.8 Å². The molecule has 11 heteroatoms. The fraction of sp³-hybridized carbons (Fsp3) is 0.263. The van der Waals surface area contributed by atoms with Crippen molar-refractivity contribution in [2.24, 2.45) is 0 Å². The van der Waals surface area contributed by atoms with Gasteiger partial charge >= 0.3 is 0 Å². The number of aromatic nitrogens is 4. The smallest absolute Gasteiger partial charge is 0.242 e. The summed E-state index contributed by atoms with van der Waals surface area (Å²) in [6.45, 7) is 3.54. The normalized spacial score (nSPS) is 12.7. The SMILES string of the molecule is Cc1ccc(S(=O)(=O)N(C)C)cc1NC(=O)C(C)Sc1nnnn1-c1ccccc1. The van der Waals surface area contributed by atoms with E-state index in [1.165, 1.54) is 38.0 Å². The van der Waals surface area contributed by atoms with Gasteiger partial charge in [0.2, 0.25) is 21.1 Å². The molecule has 1 amide bonds. The maximum atomic E-state index is 12.8. The van der Waals surface area contributed by atoms with Gasteiger partial charge in [-0.15, -0.1) is 5.10 Å². The van der Waals surface area contributed by atoms with Crippen molar-refractivity contribution in [2.45, 2.75) is 29.1 Å². The van der Waals surface area contributed by atoms with E-state index in [0.717, 1.165) is 15.6 Å². The van der Waals surface area contributed by atoms with Crippen molar-refractivity contribution in [3.63, 3.8) is 0 Å². The number of aryl methyl sites for hydroxylation is 1. The molecule has 0 fully saturated rings. The van der Waals surface area contributed by atoms with Gasteiger partial charge in [-0.05, 0) is 54.1 Å². The summed E-state index contributed by atoms with van der Waals surface area (Å²) in [6, 6.07) is 14.0. The van der Waals surface area contributed by atoms with Gasteiger partial charge in [0, 0.05) is 19.8 Å². The Morgan fingerprint density at radius 3 is 2.53 bits per heavy atom. The van der Waals surface area contributed by atoms with E-state index >= 15 is 0 Å². The van der Waals surface area contributed by atoms with Crippen LogP contribution in [0, 0.1) is 6.92 Å². The minimum Gasteiger partial charge on any atom is -0.325 e. The molecule has 3 rings (SSSR count). The summed E-state index contributed by atoms with van der Waals surface area (Å²) in [5, 5.41) is 14.5.